The molecular formula is C15H24O2. The van der Waals surface area contributed by atoms with Crippen LogP contribution in [0.3, 0.4) is 0 Å². The molecule has 3 atom stereocenters. The highest BCUT2D eigenvalue weighted by atomic mass is 16.3. The molecule has 2 aliphatic carbocycles. The van der Waals surface area contributed by atoms with Gasteiger partial charge in [0, 0.05) is 12.3 Å². The van der Waals surface area contributed by atoms with Gasteiger partial charge in [0.1, 0.15) is 0 Å². The Balaban J connectivity index is 2.45. The van der Waals surface area contributed by atoms with Gasteiger partial charge in [-0.25, -0.2) is 0 Å². The van der Waals surface area contributed by atoms with Crippen LogP contribution in [-0.4, -0.2) is 21.4 Å². The summed E-state index contributed by atoms with van der Waals surface area (Å²) < 4.78 is 0. The van der Waals surface area contributed by atoms with E-state index in [0.29, 0.717) is 18.8 Å². The normalized spacial score (nSPS) is 42.4. The summed E-state index contributed by atoms with van der Waals surface area (Å²) in [5.41, 5.74) is 0.543. The molecule has 0 aromatic carbocycles. The van der Waals surface area contributed by atoms with Gasteiger partial charge in [0.15, 0.2) is 0 Å². The fourth-order valence-electron chi connectivity index (χ4n) is 3.68. The molecule has 96 valence electrons. The molecule has 1 fully saturated rings. The predicted octanol–water partition coefficient (Wildman–Crippen LogP) is 2.81. The molecule has 17 heavy (non-hydrogen) atoms. The van der Waals surface area contributed by atoms with Gasteiger partial charge in [0.25, 0.3) is 0 Å². The lowest BCUT2D eigenvalue weighted by atomic mass is 9.58. The van der Waals surface area contributed by atoms with Crippen molar-refractivity contribution < 1.29 is 10.2 Å². The first-order valence-corrected chi connectivity index (χ1v) is 6.59. The quantitative estimate of drug-likeness (QED) is 0.687. The summed E-state index contributed by atoms with van der Waals surface area (Å²) in [6.07, 6.45) is 5.07. The Morgan fingerprint density at radius 3 is 2.65 bits per heavy atom. The van der Waals surface area contributed by atoms with Crippen LogP contribution in [0.1, 0.15) is 46.5 Å². The maximum Gasteiger partial charge on any atom is 0.0951 e. The minimum Gasteiger partial charge on any atom is -0.389 e. The smallest absolute Gasteiger partial charge is 0.0951 e. The Bertz CT molecular complexity index is 365. The molecule has 0 heterocycles. The van der Waals surface area contributed by atoms with Gasteiger partial charge in [-0.1, -0.05) is 32.1 Å². The zero-order chi connectivity index (χ0) is 12.8. The molecule has 2 aliphatic rings. The van der Waals surface area contributed by atoms with Crippen LogP contribution in [0, 0.1) is 11.8 Å². The second-order valence-electron chi connectivity index (χ2n) is 6.32. The maximum absolute atomic E-state index is 11.0. The number of aliphatic hydroxyl groups is 2. The molecule has 0 bridgehead atoms. The van der Waals surface area contributed by atoms with E-state index in [1.807, 2.05) is 13.0 Å². The molecule has 2 rings (SSSR count). The Kier molecular flexibility index (Phi) is 2.99. The second-order valence-corrected chi connectivity index (χ2v) is 6.32. The molecular weight excluding hydrogens is 212 g/mol. The Morgan fingerprint density at radius 1 is 1.41 bits per heavy atom. The van der Waals surface area contributed by atoms with E-state index in [4.69, 9.17) is 0 Å². The van der Waals surface area contributed by atoms with Crippen molar-refractivity contribution in [1.29, 1.82) is 0 Å². The van der Waals surface area contributed by atoms with Gasteiger partial charge in [-0.2, -0.15) is 0 Å². The summed E-state index contributed by atoms with van der Waals surface area (Å²) in [5, 5.41) is 21.5. The number of rotatable bonds is 1. The van der Waals surface area contributed by atoms with E-state index >= 15 is 0 Å². The molecule has 2 N–H and O–H groups in total. The molecule has 0 spiro atoms. The highest BCUT2D eigenvalue weighted by Gasteiger charge is 2.53. The van der Waals surface area contributed by atoms with Crippen molar-refractivity contribution in [1.82, 2.24) is 0 Å². The third-order valence-electron chi connectivity index (χ3n) is 4.49. The lowest BCUT2D eigenvalue weighted by molar-refractivity contribution is -0.121. The lowest BCUT2D eigenvalue weighted by Crippen LogP contribution is -2.56. The fraction of sp³-hybridized carbons (Fsp3) is 0.733. The number of hydrogen-bond acceptors (Lipinski definition) is 2. The van der Waals surface area contributed by atoms with Crippen LogP contribution in [0.5, 0.6) is 0 Å². The summed E-state index contributed by atoms with van der Waals surface area (Å²) in [7, 11) is 0. The van der Waals surface area contributed by atoms with Crippen molar-refractivity contribution in [2.24, 2.45) is 11.8 Å². The number of fused-ring (bicyclic) bond motifs is 1. The monoisotopic (exact) mass is 236 g/mol. The van der Waals surface area contributed by atoms with Crippen LogP contribution in [-0.2, 0) is 0 Å². The van der Waals surface area contributed by atoms with Crippen molar-refractivity contribution in [3.05, 3.63) is 23.8 Å². The highest BCUT2D eigenvalue weighted by molar-refractivity contribution is 5.32. The summed E-state index contributed by atoms with van der Waals surface area (Å²) in [6, 6.07) is 0. The number of hydrogen-bond donors (Lipinski definition) is 2. The van der Waals surface area contributed by atoms with Gasteiger partial charge in [0.05, 0.1) is 11.2 Å². The molecule has 0 radical (unpaired) electrons. The predicted molar refractivity (Wildman–Crippen MR) is 69.6 cm³/mol. The van der Waals surface area contributed by atoms with Crippen molar-refractivity contribution in [3.8, 4) is 0 Å². The Labute approximate surface area is 104 Å². The van der Waals surface area contributed by atoms with E-state index in [2.05, 4.69) is 20.4 Å². The van der Waals surface area contributed by atoms with Crippen LogP contribution in [0.2, 0.25) is 0 Å². The standard InChI is InChI=1S/C15H24O2/c1-10(2)12-7-8-14(4,16)13-6-5-11(3)9-15(12,13)17/h7,10,13,16-17H,3,5-6,8-9H2,1-2,4H3/t13-,14+,15+/m1/s1. The zero-order valence-electron chi connectivity index (χ0n) is 11.2. The molecule has 0 aromatic rings. The van der Waals surface area contributed by atoms with E-state index in [0.717, 1.165) is 24.0 Å². The van der Waals surface area contributed by atoms with Crippen molar-refractivity contribution in [2.45, 2.75) is 57.7 Å². The van der Waals surface area contributed by atoms with E-state index in [9.17, 15) is 10.2 Å². The molecule has 0 aliphatic heterocycles. The first kappa shape index (κ1) is 12.8. The molecule has 0 amide bonds. The molecule has 2 nitrogen and oxygen atoms in total. The SMILES string of the molecule is C=C1CC[C@@H]2[C@@](C)(O)CC=C(C(C)C)[C@@]2(O)C1. The maximum atomic E-state index is 11.0. The van der Waals surface area contributed by atoms with Gasteiger partial charge < -0.3 is 10.2 Å². The average Bonchev–Trinajstić information content (AvgIpc) is 2.14. The van der Waals surface area contributed by atoms with Crippen molar-refractivity contribution in [3.63, 3.8) is 0 Å². The first-order chi connectivity index (χ1) is 7.77. The average molecular weight is 236 g/mol. The van der Waals surface area contributed by atoms with Gasteiger partial charge >= 0.3 is 0 Å². The highest BCUT2D eigenvalue weighted by Crippen LogP contribution is 2.51. The molecule has 2 heteroatoms. The van der Waals surface area contributed by atoms with Gasteiger partial charge in [-0.15, -0.1) is 0 Å². The minimum absolute atomic E-state index is 0.0529. The lowest BCUT2D eigenvalue weighted by Gasteiger charge is -2.52. The summed E-state index contributed by atoms with van der Waals surface area (Å²) in [4.78, 5) is 0. The molecule has 0 aromatic heterocycles. The summed E-state index contributed by atoms with van der Waals surface area (Å²) >= 11 is 0. The fourth-order valence-corrected chi connectivity index (χ4v) is 3.68. The van der Waals surface area contributed by atoms with Crippen molar-refractivity contribution >= 4 is 0 Å². The zero-order valence-corrected chi connectivity index (χ0v) is 11.2. The van der Waals surface area contributed by atoms with Crippen LogP contribution >= 0.6 is 0 Å². The van der Waals surface area contributed by atoms with Crippen molar-refractivity contribution in [2.75, 3.05) is 0 Å². The van der Waals surface area contributed by atoms with Crippen LogP contribution in [0.25, 0.3) is 0 Å². The Hall–Kier alpha value is -0.600. The first-order valence-electron chi connectivity index (χ1n) is 6.59. The van der Waals surface area contributed by atoms with Crippen LogP contribution < -0.4 is 0 Å². The van der Waals surface area contributed by atoms with Crippen LogP contribution in [0.4, 0.5) is 0 Å². The largest absolute Gasteiger partial charge is 0.389 e. The second kappa shape index (κ2) is 3.96. The molecule has 0 unspecified atom stereocenters. The summed E-state index contributed by atoms with van der Waals surface area (Å²) in [5.74, 6) is 0.271. The van der Waals surface area contributed by atoms with E-state index in [1.54, 1.807) is 0 Å². The molecule has 1 saturated carbocycles. The minimum atomic E-state index is -0.870. The van der Waals surface area contributed by atoms with E-state index in [1.165, 1.54) is 0 Å². The molecule has 0 saturated heterocycles. The van der Waals surface area contributed by atoms with Crippen LogP contribution in [0.15, 0.2) is 23.8 Å². The third kappa shape index (κ3) is 1.98. The third-order valence-corrected chi connectivity index (χ3v) is 4.49. The van der Waals surface area contributed by atoms with E-state index < -0.39 is 11.2 Å². The van der Waals surface area contributed by atoms with Gasteiger partial charge in [0.2, 0.25) is 0 Å². The van der Waals surface area contributed by atoms with E-state index in [-0.39, 0.29) is 5.92 Å². The Morgan fingerprint density at radius 2 is 2.06 bits per heavy atom. The topological polar surface area (TPSA) is 40.5 Å². The van der Waals surface area contributed by atoms with Gasteiger partial charge in [-0.05, 0) is 37.7 Å². The van der Waals surface area contributed by atoms with Gasteiger partial charge in [-0.3, -0.25) is 0 Å². The summed E-state index contributed by atoms with van der Waals surface area (Å²) in [6.45, 7) is 10.1.